The van der Waals surface area contributed by atoms with Crippen molar-refractivity contribution in [1.82, 2.24) is 5.32 Å². The smallest absolute Gasteiger partial charge is 0.261 e. The van der Waals surface area contributed by atoms with Gasteiger partial charge in [-0.25, -0.2) is 0 Å². The standard InChI is InChI=1S/C24H27NO3/c1-4-21(28-22-11-7-9-19-8-5-6-10-20(19)22)24(26)25-14-15-27-23-16-17(2)12-13-18(23)3/h5-13,16,21H,4,14-15H2,1-3H3,(H,25,26)/t21-/m0/s1. The van der Waals surface area contributed by atoms with Crippen LogP contribution in [0.25, 0.3) is 10.8 Å². The van der Waals surface area contributed by atoms with Gasteiger partial charge in [-0.3, -0.25) is 4.79 Å². The number of fused-ring (bicyclic) bond motifs is 1. The summed E-state index contributed by atoms with van der Waals surface area (Å²) in [6.45, 7) is 6.84. The van der Waals surface area contributed by atoms with Crippen molar-refractivity contribution in [3.05, 3.63) is 71.8 Å². The zero-order valence-corrected chi connectivity index (χ0v) is 16.7. The zero-order chi connectivity index (χ0) is 19.9. The van der Waals surface area contributed by atoms with Gasteiger partial charge in [0.2, 0.25) is 0 Å². The molecule has 3 aromatic rings. The van der Waals surface area contributed by atoms with E-state index >= 15 is 0 Å². The van der Waals surface area contributed by atoms with Crippen molar-refractivity contribution in [2.75, 3.05) is 13.2 Å². The van der Waals surface area contributed by atoms with Crippen LogP contribution in [0.1, 0.15) is 24.5 Å². The number of rotatable bonds is 8. The lowest BCUT2D eigenvalue weighted by Gasteiger charge is -2.19. The van der Waals surface area contributed by atoms with E-state index in [1.54, 1.807) is 0 Å². The van der Waals surface area contributed by atoms with Gasteiger partial charge in [0.25, 0.3) is 5.91 Å². The summed E-state index contributed by atoms with van der Waals surface area (Å²) in [5.41, 5.74) is 2.24. The minimum absolute atomic E-state index is 0.125. The predicted octanol–water partition coefficient (Wildman–Crippen LogP) is 4.81. The highest BCUT2D eigenvalue weighted by Crippen LogP contribution is 2.26. The second-order valence-corrected chi connectivity index (χ2v) is 6.90. The third-order valence-electron chi connectivity index (χ3n) is 4.68. The summed E-state index contributed by atoms with van der Waals surface area (Å²) in [7, 11) is 0. The first-order chi connectivity index (χ1) is 13.6. The fraction of sp³-hybridized carbons (Fsp3) is 0.292. The van der Waals surface area contributed by atoms with E-state index in [0.717, 1.165) is 33.4 Å². The molecule has 0 radical (unpaired) electrons. The Balaban J connectivity index is 1.55. The molecule has 0 aliphatic carbocycles. The minimum atomic E-state index is -0.536. The lowest BCUT2D eigenvalue weighted by atomic mass is 10.1. The first kappa shape index (κ1) is 19.7. The van der Waals surface area contributed by atoms with Crippen molar-refractivity contribution in [3.63, 3.8) is 0 Å². The monoisotopic (exact) mass is 377 g/mol. The zero-order valence-electron chi connectivity index (χ0n) is 16.7. The van der Waals surface area contributed by atoms with Gasteiger partial charge >= 0.3 is 0 Å². The van der Waals surface area contributed by atoms with Crippen LogP contribution in [0.15, 0.2) is 60.7 Å². The van der Waals surface area contributed by atoms with Crippen molar-refractivity contribution < 1.29 is 14.3 Å². The van der Waals surface area contributed by atoms with E-state index in [-0.39, 0.29) is 5.91 Å². The molecule has 4 heteroatoms. The average Bonchev–Trinajstić information content (AvgIpc) is 2.71. The maximum Gasteiger partial charge on any atom is 0.261 e. The Morgan fingerprint density at radius 2 is 1.79 bits per heavy atom. The molecule has 0 bridgehead atoms. The molecular weight excluding hydrogens is 350 g/mol. The first-order valence-corrected chi connectivity index (χ1v) is 9.70. The largest absolute Gasteiger partial charge is 0.491 e. The molecule has 3 rings (SSSR count). The second kappa shape index (κ2) is 9.27. The maximum atomic E-state index is 12.6. The lowest BCUT2D eigenvalue weighted by Crippen LogP contribution is -2.39. The minimum Gasteiger partial charge on any atom is -0.491 e. The van der Waals surface area contributed by atoms with Crippen molar-refractivity contribution >= 4 is 16.7 Å². The normalized spacial score (nSPS) is 11.8. The third-order valence-corrected chi connectivity index (χ3v) is 4.68. The number of ether oxygens (including phenoxy) is 2. The Labute approximate surface area is 166 Å². The molecule has 4 nitrogen and oxygen atoms in total. The molecule has 0 saturated heterocycles. The molecule has 0 heterocycles. The van der Waals surface area contributed by atoms with Crippen molar-refractivity contribution in [1.29, 1.82) is 0 Å². The van der Waals surface area contributed by atoms with Crippen molar-refractivity contribution in [3.8, 4) is 11.5 Å². The third kappa shape index (κ3) is 4.83. The van der Waals surface area contributed by atoms with Gasteiger partial charge in [0.1, 0.15) is 18.1 Å². The fourth-order valence-corrected chi connectivity index (χ4v) is 3.09. The quantitative estimate of drug-likeness (QED) is 0.573. The molecule has 28 heavy (non-hydrogen) atoms. The van der Waals surface area contributed by atoms with E-state index < -0.39 is 6.10 Å². The molecule has 0 aliphatic rings. The van der Waals surface area contributed by atoms with Gasteiger partial charge in [-0.2, -0.15) is 0 Å². The Morgan fingerprint density at radius 1 is 1.00 bits per heavy atom. The number of carbonyl (C=O) groups is 1. The maximum absolute atomic E-state index is 12.6. The highest BCUT2D eigenvalue weighted by Gasteiger charge is 2.19. The summed E-state index contributed by atoms with van der Waals surface area (Å²) in [6, 6.07) is 20.0. The van der Waals surface area contributed by atoms with E-state index in [0.29, 0.717) is 19.6 Å². The molecule has 1 atom stereocenters. The van der Waals surface area contributed by atoms with E-state index in [1.807, 2.05) is 75.4 Å². The van der Waals surface area contributed by atoms with Crippen LogP contribution < -0.4 is 14.8 Å². The van der Waals surface area contributed by atoms with Gasteiger partial charge in [-0.05, 0) is 48.9 Å². The molecule has 3 aromatic carbocycles. The summed E-state index contributed by atoms with van der Waals surface area (Å²) in [5.74, 6) is 1.46. The van der Waals surface area contributed by atoms with Crippen LogP contribution in [0.3, 0.4) is 0 Å². The number of hydrogen-bond acceptors (Lipinski definition) is 3. The number of hydrogen-bond donors (Lipinski definition) is 1. The highest BCUT2D eigenvalue weighted by atomic mass is 16.5. The van der Waals surface area contributed by atoms with Crippen molar-refractivity contribution in [2.45, 2.75) is 33.3 Å². The Hall–Kier alpha value is -3.01. The molecule has 0 aliphatic heterocycles. The number of amides is 1. The summed E-state index contributed by atoms with van der Waals surface area (Å²) < 4.78 is 11.8. The summed E-state index contributed by atoms with van der Waals surface area (Å²) in [5, 5.41) is 5.02. The first-order valence-electron chi connectivity index (χ1n) is 9.70. The van der Waals surface area contributed by atoms with E-state index in [4.69, 9.17) is 9.47 Å². The van der Waals surface area contributed by atoms with Gasteiger partial charge in [-0.15, -0.1) is 0 Å². The van der Waals surface area contributed by atoms with Gasteiger partial charge in [0.15, 0.2) is 6.10 Å². The van der Waals surface area contributed by atoms with Crippen LogP contribution in [0.4, 0.5) is 0 Å². The highest BCUT2D eigenvalue weighted by molar-refractivity contribution is 5.89. The summed E-state index contributed by atoms with van der Waals surface area (Å²) in [4.78, 5) is 12.6. The molecule has 0 spiro atoms. The summed E-state index contributed by atoms with van der Waals surface area (Å²) in [6.07, 6.45) is 0.0545. The van der Waals surface area contributed by atoms with Gasteiger partial charge < -0.3 is 14.8 Å². The van der Waals surface area contributed by atoms with Crippen LogP contribution in [0.5, 0.6) is 11.5 Å². The molecule has 1 N–H and O–H groups in total. The van der Waals surface area contributed by atoms with Crippen LogP contribution in [0.2, 0.25) is 0 Å². The van der Waals surface area contributed by atoms with Gasteiger partial charge in [0.05, 0.1) is 6.54 Å². The van der Waals surface area contributed by atoms with Gasteiger partial charge in [-0.1, -0.05) is 55.5 Å². The lowest BCUT2D eigenvalue weighted by molar-refractivity contribution is -0.128. The number of carbonyl (C=O) groups excluding carboxylic acids is 1. The van der Waals surface area contributed by atoms with Crippen LogP contribution in [-0.4, -0.2) is 25.2 Å². The number of aryl methyl sites for hydroxylation is 2. The molecule has 0 saturated carbocycles. The molecular formula is C24H27NO3. The average molecular weight is 377 g/mol. The Morgan fingerprint density at radius 3 is 2.61 bits per heavy atom. The van der Waals surface area contributed by atoms with E-state index in [9.17, 15) is 4.79 Å². The number of nitrogens with one attached hydrogen (secondary N) is 1. The van der Waals surface area contributed by atoms with Crippen LogP contribution >= 0.6 is 0 Å². The topological polar surface area (TPSA) is 47.6 Å². The Kier molecular flexibility index (Phi) is 6.53. The predicted molar refractivity (Wildman–Crippen MR) is 113 cm³/mol. The molecule has 0 aromatic heterocycles. The van der Waals surface area contributed by atoms with Crippen LogP contribution in [0, 0.1) is 13.8 Å². The Bertz CT molecular complexity index is 946. The van der Waals surface area contributed by atoms with E-state index in [1.165, 1.54) is 0 Å². The number of benzene rings is 3. The van der Waals surface area contributed by atoms with Crippen molar-refractivity contribution in [2.24, 2.45) is 0 Å². The second-order valence-electron chi connectivity index (χ2n) is 6.90. The summed E-state index contributed by atoms with van der Waals surface area (Å²) >= 11 is 0. The molecule has 146 valence electrons. The SMILES string of the molecule is CC[C@H](Oc1cccc2ccccc12)C(=O)NCCOc1cc(C)ccc1C. The molecule has 0 fully saturated rings. The van der Waals surface area contributed by atoms with Crippen LogP contribution in [-0.2, 0) is 4.79 Å². The molecule has 0 unspecified atom stereocenters. The fourth-order valence-electron chi connectivity index (χ4n) is 3.09. The van der Waals surface area contributed by atoms with E-state index in [2.05, 4.69) is 11.4 Å². The van der Waals surface area contributed by atoms with Gasteiger partial charge in [0, 0.05) is 5.39 Å². The molecule has 1 amide bonds.